The summed E-state index contributed by atoms with van der Waals surface area (Å²) in [6, 6.07) is 8.04. The molecule has 0 fully saturated rings. The Kier molecular flexibility index (Phi) is 4.67. The average molecular weight is 240 g/mol. The van der Waals surface area contributed by atoms with E-state index in [1.807, 2.05) is 24.5 Å². The van der Waals surface area contributed by atoms with Gasteiger partial charge in [0.25, 0.3) is 0 Å². The predicted octanol–water partition coefficient (Wildman–Crippen LogP) is 4.94. The highest BCUT2D eigenvalue weighted by Crippen LogP contribution is 2.31. The lowest BCUT2D eigenvalue weighted by atomic mass is 10.3. The molecule has 0 saturated carbocycles. The smallest absolute Gasteiger partial charge is 0.0998 e. The van der Waals surface area contributed by atoms with Gasteiger partial charge in [-0.15, -0.1) is 21.4 Å². The fourth-order valence-electron chi connectivity index (χ4n) is 0.899. The van der Waals surface area contributed by atoms with Gasteiger partial charge < -0.3 is 0 Å². The highest BCUT2D eigenvalue weighted by Gasteiger charge is 2.10. The van der Waals surface area contributed by atoms with E-state index >= 15 is 0 Å². The maximum Gasteiger partial charge on any atom is 0.0998 e. The molecule has 0 aromatic heterocycles. The lowest BCUT2D eigenvalue weighted by Gasteiger charge is -2.11. The monoisotopic (exact) mass is 240 g/mol. The molecule has 0 aliphatic heterocycles. The van der Waals surface area contributed by atoms with Crippen molar-refractivity contribution in [2.45, 2.75) is 30.4 Å². The predicted molar refractivity (Wildman–Crippen MR) is 70.1 cm³/mol. The zero-order valence-electron chi connectivity index (χ0n) is 9.52. The Bertz CT molecular complexity index is 343. The second-order valence-electron chi connectivity index (χ2n) is 4.06. The number of hydrogen-bond acceptors (Lipinski definition) is 4. The van der Waals surface area contributed by atoms with Crippen molar-refractivity contribution >= 4 is 29.4 Å². The third-order valence-corrected chi connectivity index (χ3v) is 3.04. The van der Waals surface area contributed by atoms with Gasteiger partial charge in [0.15, 0.2) is 0 Å². The summed E-state index contributed by atoms with van der Waals surface area (Å²) in [4.78, 5) is 1.16. The molecule has 1 aromatic carbocycles. The standard InChI is InChI=1S/C11H16N2S2/c1-11(2,3)15-13-12-9-7-5-6-8-10(9)14-4/h5-8H,1-4H3. The first kappa shape index (κ1) is 12.6. The van der Waals surface area contributed by atoms with Crippen LogP contribution in [0.15, 0.2) is 38.8 Å². The zero-order chi connectivity index (χ0) is 11.3. The number of hydrogen-bond donors (Lipinski definition) is 0. The average Bonchev–Trinajstić information content (AvgIpc) is 2.16. The number of nitrogens with zero attached hydrogens (tertiary/aromatic N) is 2. The van der Waals surface area contributed by atoms with Crippen molar-refractivity contribution < 1.29 is 0 Å². The summed E-state index contributed by atoms with van der Waals surface area (Å²) in [6.45, 7) is 6.37. The molecule has 1 aromatic rings. The molecular formula is C11H16N2S2. The van der Waals surface area contributed by atoms with E-state index in [1.54, 1.807) is 11.8 Å². The van der Waals surface area contributed by atoms with Gasteiger partial charge in [-0.25, -0.2) is 0 Å². The van der Waals surface area contributed by atoms with E-state index in [1.165, 1.54) is 11.9 Å². The van der Waals surface area contributed by atoms with Gasteiger partial charge in [0.05, 0.1) is 5.69 Å². The summed E-state index contributed by atoms with van der Waals surface area (Å²) in [6.07, 6.45) is 2.05. The number of thioether (sulfide) groups is 1. The maximum atomic E-state index is 4.23. The quantitative estimate of drug-likeness (QED) is 0.425. The Hall–Kier alpha value is -0.480. The molecule has 0 bridgehead atoms. The third kappa shape index (κ3) is 4.71. The van der Waals surface area contributed by atoms with Crippen LogP contribution in [0.3, 0.4) is 0 Å². The highest BCUT2D eigenvalue weighted by atomic mass is 32.2. The summed E-state index contributed by atoms with van der Waals surface area (Å²) in [7, 11) is 0. The number of rotatable bonds is 3. The van der Waals surface area contributed by atoms with E-state index < -0.39 is 0 Å². The third-order valence-electron chi connectivity index (χ3n) is 1.55. The van der Waals surface area contributed by atoms with Crippen LogP contribution < -0.4 is 0 Å². The molecule has 4 heteroatoms. The minimum absolute atomic E-state index is 0.123. The van der Waals surface area contributed by atoms with Gasteiger partial charge in [0, 0.05) is 21.6 Å². The molecule has 0 radical (unpaired) electrons. The van der Waals surface area contributed by atoms with Crippen LogP contribution in [0.25, 0.3) is 0 Å². The summed E-state index contributed by atoms with van der Waals surface area (Å²) < 4.78 is 4.27. The van der Waals surface area contributed by atoms with Crippen LogP contribution in [0.5, 0.6) is 0 Å². The fourth-order valence-corrected chi connectivity index (χ4v) is 1.81. The summed E-state index contributed by atoms with van der Waals surface area (Å²) in [5.74, 6) is 0. The first-order chi connectivity index (χ1) is 7.03. The second kappa shape index (κ2) is 5.56. The largest absolute Gasteiger partial charge is 0.143 e. The first-order valence-electron chi connectivity index (χ1n) is 4.75. The lowest BCUT2D eigenvalue weighted by molar-refractivity contribution is 0.802. The van der Waals surface area contributed by atoms with Crippen LogP contribution in [0.4, 0.5) is 5.69 Å². The molecule has 82 valence electrons. The molecule has 0 atom stereocenters. The minimum atomic E-state index is 0.123. The molecule has 15 heavy (non-hydrogen) atoms. The van der Waals surface area contributed by atoms with E-state index in [2.05, 4.69) is 36.5 Å². The minimum Gasteiger partial charge on any atom is -0.143 e. The molecule has 2 nitrogen and oxygen atoms in total. The first-order valence-corrected chi connectivity index (χ1v) is 6.75. The Balaban J connectivity index is 2.72. The van der Waals surface area contributed by atoms with Crippen LogP contribution in [0.1, 0.15) is 20.8 Å². The van der Waals surface area contributed by atoms with Crippen molar-refractivity contribution in [1.29, 1.82) is 0 Å². The summed E-state index contributed by atoms with van der Waals surface area (Å²) in [5, 5.41) is 4.23. The van der Waals surface area contributed by atoms with E-state index in [0.29, 0.717) is 0 Å². The SMILES string of the molecule is CSc1ccccc1N=NSC(C)(C)C. The van der Waals surface area contributed by atoms with Crippen LogP contribution in [0.2, 0.25) is 0 Å². The molecule has 0 N–H and O–H groups in total. The van der Waals surface area contributed by atoms with Crippen molar-refractivity contribution in [2.24, 2.45) is 9.63 Å². The summed E-state index contributed by atoms with van der Waals surface area (Å²) >= 11 is 3.19. The Morgan fingerprint density at radius 1 is 1.13 bits per heavy atom. The van der Waals surface area contributed by atoms with Crippen molar-refractivity contribution in [2.75, 3.05) is 6.26 Å². The van der Waals surface area contributed by atoms with Crippen molar-refractivity contribution in [1.82, 2.24) is 0 Å². The number of benzene rings is 1. The fraction of sp³-hybridized carbons (Fsp3) is 0.455. The van der Waals surface area contributed by atoms with Gasteiger partial charge in [0.2, 0.25) is 0 Å². The lowest BCUT2D eigenvalue weighted by Crippen LogP contribution is -2.04. The van der Waals surface area contributed by atoms with Gasteiger partial charge in [-0.2, -0.15) is 0 Å². The van der Waals surface area contributed by atoms with E-state index in [-0.39, 0.29) is 4.75 Å². The second-order valence-corrected chi connectivity index (χ2v) is 6.48. The van der Waals surface area contributed by atoms with E-state index in [4.69, 9.17) is 0 Å². The van der Waals surface area contributed by atoms with E-state index in [0.717, 1.165) is 10.6 Å². The maximum absolute atomic E-state index is 4.23. The molecular weight excluding hydrogens is 224 g/mol. The van der Waals surface area contributed by atoms with Crippen LogP contribution in [-0.4, -0.2) is 11.0 Å². The molecule has 0 unspecified atom stereocenters. The van der Waals surface area contributed by atoms with Gasteiger partial charge in [-0.05, 0) is 39.2 Å². The Morgan fingerprint density at radius 2 is 1.80 bits per heavy atom. The van der Waals surface area contributed by atoms with Gasteiger partial charge in [-0.1, -0.05) is 12.1 Å². The molecule has 0 aliphatic carbocycles. The van der Waals surface area contributed by atoms with Crippen molar-refractivity contribution in [3.63, 3.8) is 0 Å². The normalized spacial score (nSPS) is 12.3. The van der Waals surface area contributed by atoms with Gasteiger partial charge in [-0.3, -0.25) is 0 Å². The van der Waals surface area contributed by atoms with Gasteiger partial charge >= 0.3 is 0 Å². The van der Waals surface area contributed by atoms with Crippen LogP contribution >= 0.6 is 23.7 Å². The topological polar surface area (TPSA) is 24.7 Å². The molecule has 0 amide bonds. The highest BCUT2D eigenvalue weighted by molar-refractivity contribution is 7.99. The molecule has 0 aliphatic rings. The van der Waals surface area contributed by atoms with E-state index in [9.17, 15) is 0 Å². The Labute approximate surface area is 100 Å². The molecule has 0 saturated heterocycles. The van der Waals surface area contributed by atoms with Crippen LogP contribution in [0, 0.1) is 0 Å². The molecule has 0 spiro atoms. The van der Waals surface area contributed by atoms with Crippen LogP contribution in [-0.2, 0) is 0 Å². The van der Waals surface area contributed by atoms with Crippen molar-refractivity contribution in [3.8, 4) is 0 Å². The Morgan fingerprint density at radius 3 is 2.40 bits per heavy atom. The van der Waals surface area contributed by atoms with Crippen molar-refractivity contribution in [3.05, 3.63) is 24.3 Å². The summed E-state index contributed by atoms with van der Waals surface area (Å²) in [5.41, 5.74) is 0.946. The van der Waals surface area contributed by atoms with Gasteiger partial charge in [0.1, 0.15) is 0 Å². The molecule has 0 heterocycles. The zero-order valence-corrected chi connectivity index (χ0v) is 11.2. The molecule has 1 rings (SSSR count).